The number of rotatable bonds is 10. The van der Waals surface area contributed by atoms with Crippen LogP contribution in [0.1, 0.15) is 61.8 Å². The summed E-state index contributed by atoms with van der Waals surface area (Å²) in [5, 5.41) is 12.5. The molecule has 0 spiro atoms. The quantitative estimate of drug-likeness (QED) is 0.280. The van der Waals surface area contributed by atoms with Crippen LogP contribution < -0.4 is 5.32 Å². The summed E-state index contributed by atoms with van der Waals surface area (Å²) in [4.78, 5) is 33.7. The summed E-state index contributed by atoms with van der Waals surface area (Å²) in [7, 11) is 0. The van der Waals surface area contributed by atoms with Crippen LogP contribution in [0, 0.1) is 5.92 Å². The van der Waals surface area contributed by atoms with Gasteiger partial charge in [-0.1, -0.05) is 69.7 Å². The Balaban J connectivity index is 1.64. The molecule has 0 aliphatic rings. The van der Waals surface area contributed by atoms with Gasteiger partial charge in [0.05, 0.1) is 12.1 Å². The maximum Gasteiger partial charge on any atom is 0.336 e. The molecule has 2 heterocycles. The highest BCUT2D eigenvalue weighted by Crippen LogP contribution is 2.26. The molecule has 2 aromatic carbocycles. The maximum absolute atomic E-state index is 12.5. The molecule has 1 atom stereocenters. The van der Waals surface area contributed by atoms with Crippen LogP contribution in [0.25, 0.3) is 22.3 Å². The standard InChI is InChI=1S/C29H32N4O3/c1-4-8-19(3)28(34)32-25-17-16-24-27(31-25)33(26(30-24)9-5-2)18-20-12-14-21(15-13-20)22-10-6-7-11-23(22)29(35)36/h6-7,10-17,19H,4-5,8-9,18H2,1-3H3,(H,35,36)(H,31,32,34). The molecule has 0 saturated carbocycles. The van der Waals surface area contributed by atoms with Gasteiger partial charge >= 0.3 is 5.97 Å². The Kier molecular flexibility index (Phi) is 7.78. The molecule has 2 N–H and O–H groups in total. The fraction of sp³-hybridized carbons (Fsp3) is 0.310. The second kappa shape index (κ2) is 11.2. The molecule has 186 valence electrons. The molecule has 1 amide bonds. The molecule has 0 saturated heterocycles. The second-order valence-electron chi connectivity index (χ2n) is 9.13. The fourth-order valence-electron chi connectivity index (χ4n) is 4.41. The molecule has 7 heteroatoms. The van der Waals surface area contributed by atoms with Crippen LogP contribution in [0.4, 0.5) is 5.82 Å². The Morgan fingerprint density at radius 3 is 2.42 bits per heavy atom. The summed E-state index contributed by atoms with van der Waals surface area (Å²) < 4.78 is 2.10. The number of aromatic nitrogens is 3. The van der Waals surface area contributed by atoms with Crippen LogP contribution in [0.2, 0.25) is 0 Å². The number of hydrogen-bond acceptors (Lipinski definition) is 4. The molecule has 1 unspecified atom stereocenters. The van der Waals surface area contributed by atoms with Crippen molar-refractivity contribution in [1.29, 1.82) is 0 Å². The number of hydrogen-bond donors (Lipinski definition) is 2. The lowest BCUT2D eigenvalue weighted by Crippen LogP contribution is -2.20. The highest BCUT2D eigenvalue weighted by atomic mass is 16.4. The van der Waals surface area contributed by atoms with E-state index in [1.165, 1.54) is 0 Å². The van der Waals surface area contributed by atoms with Gasteiger partial charge in [-0.3, -0.25) is 4.79 Å². The summed E-state index contributed by atoms with van der Waals surface area (Å²) in [5.74, 6) is 0.434. The van der Waals surface area contributed by atoms with Gasteiger partial charge in [0, 0.05) is 12.3 Å². The van der Waals surface area contributed by atoms with E-state index in [4.69, 9.17) is 9.97 Å². The number of carboxylic acid groups (broad SMARTS) is 1. The van der Waals surface area contributed by atoms with Gasteiger partial charge in [0.2, 0.25) is 5.91 Å². The number of amides is 1. The third-order valence-corrected chi connectivity index (χ3v) is 6.33. The predicted molar refractivity (Wildman–Crippen MR) is 142 cm³/mol. The molecule has 0 aliphatic carbocycles. The van der Waals surface area contributed by atoms with Gasteiger partial charge in [-0.25, -0.2) is 14.8 Å². The minimum Gasteiger partial charge on any atom is -0.478 e. The predicted octanol–water partition coefficient (Wildman–Crippen LogP) is 6.17. The smallest absolute Gasteiger partial charge is 0.336 e. The molecule has 7 nitrogen and oxygen atoms in total. The van der Waals surface area contributed by atoms with Crippen molar-refractivity contribution in [3.63, 3.8) is 0 Å². The number of aromatic carboxylic acids is 1. The van der Waals surface area contributed by atoms with Gasteiger partial charge < -0.3 is 15.0 Å². The number of fused-ring (bicyclic) bond motifs is 1. The molecule has 4 rings (SSSR count). The van der Waals surface area contributed by atoms with Crippen molar-refractivity contribution in [1.82, 2.24) is 14.5 Å². The lowest BCUT2D eigenvalue weighted by molar-refractivity contribution is -0.119. The molecule has 0 fully saturated rings. The Morgan fingerprint density at radius 2 is 1.72 bits per heavy atom. The van der Waals surface area contributed by atoms with E-state index in [0.29, 0.717) is 17.9 Å². The van der Waals surface area contributed by atoms with Crippen molar-refractivity contribution in [2.24, 2.45) is 5.92 Å². The Morgan fingerprint density at radius 1 is 0.972 bits per heavy atom. The van der Waals surface area contributed by atoms with Crippen LogP contribution in [0.5, 0.6) is 0 Å². The summed E-state index contributed by atoms with van der Waals surface area (Å²) in [6.07, 6.45) is 3.55. The monoisotopic (exact) mass is 484 g/mol. The SMILES string of the molecule is CCCc1nc2ccc(NC(=O)C(C)CCC)nc2n1Cc1ccc(-c2ccccc2C(=O)O)cc1. The van der Waals surface area contributed by atoms with Crippen molar-refractivity contribution in [3.8, 4) is 11.1 Å². The summed E-state index contributed by atoms with van der Waals surface area (Å²) in [5.41, 5.74) is 4.41. The molecular formula is C29H32N4O3. The van der Waals surface area contributed by atoms with Crippen molar-refractivity contribution >= 4 is 28.9 Å². The zero-order valence-electron chi connectivity index (χ0n) is 21.0. The number of aryl methyl sites for hydroxylation is 1. The van der Waals surface area contributed by atoms with Crippen molar-refractivity contribution in [2.45, 2.75) is 53.0 Å². The zero-order chi connectivity index (χ0) is 25.7. The first-order chi connectivity index (χ1) is 17.4. The van der Waals surface area contributed by atoms with E-state index in [9.17, 15) is 14.7 Å². The molecule has 36 heavy (non-hydrogen) atoms. The van der Waals surface area contributed by atoms with Gasteiger partial charge in [-0.2, -0.15) is 0 Å². The van der Waals surface area contributed by atoms with Crippen LogP contribution in [0.3, 0.4) is 0 Å². The minimum absolute atomic E-state index is 0.0271. The Bertz CT molecular complexity index is 1380. The largest absolute Gasteiger partial charge is 0.478 e. The molecule has 0 radical (unpaired) electrons. The highest BCUT2D eigenvalue weighted by molar-refractivity contribution is 5.96. The number of imidazole rings is 1. The van der Waals surface area contributed by atoms with Crippen LogP contribution in [0.15, 0.2) is 60.7 Å². The topological polar surface area (TPSA) is 97.1 Å². The summed E-state index contributed by atoms with van der Waals surface area (Å²) in [6.45, 7) is 6.69. The molecule has 0 aliphatic heterocycles. The van der Waals surface area contributed by atoms with E-state index in [0.717, 1.165) is 53.8 Å². The number of nitrogens with zero attached hydrogens (tertiary/aromatic N) is 3. The minimum atomic E-state index is -0.943. The van der Waals surface area contributed by atoms with Gasteiger partial charge in [0.15, 0.2) is 5.65 Å². The first kappa shape index (κ1) is 25.1. The van der Waals surface area contributed by atoms with E-state index >= 15 is 0 Å². The van der Waals surface area contributed by atoms with E-state index in [1.54, 1.807) is 18.2 Å². The maximum atomic E-state index is 12.5. The van der Waals surface area contributed by atoms with Crippen LogP contribution >= 0.6 is 0 Å². The number of pyridine rings is 1. The summed E-state index contributed by atoms with van der Waals surface area (Å²) in [6, 6.07) is 18.6. The lowest BCUT2D eigenvalue weighted by atomic mass is 9.99. The highest BCUT2D eigenvalue weighted by Gasteiger charge is 2.16. The fourth-order valence-corrected chi connectivity index (χ4v) is 4.41. The Labute approximate surface area is 211 Å². The van der Waals surface area contributed by atoms with Gasteiger partial charge in [-0.15, -0.1) is 0 Å². The van der Waals surface area contributed by atoms with E-state index in [1.807, 2.05) is 49.4 Å². The molecule has 2 aromatic heterocycles. The second-order valence-corrected chi connectivity index (χ2v) is 9.13. The number of anilines is 1. The van der Waals surface area contributed by atoms with Crippen LogP contribution in [-0.4, -0.2) is 31.5 Å². The number of benzene rings is 2. The average molecular weight is 485 g/mol. The first-order valence-corrected chi connectivity index (χ1v) is 12.5. The first-order valence-electron chi connectivity index (χ1n) is 12.5. The number of carboxylic acids is 1. The Hall–Kier alpha value is -4.00. The lowest BCUT2D eigenvalue weighted by Gasteiger charge is -2.12. The van der Waals surface area contributed by atoms with E-state index in [-0.39, 0.29) is 17.4 Å². The third-order valence-electron chi connectivity index (χ3n) is 6.33. The van der Waals surface area contributed by atoms with Gasteiger partial charge in [0.1, 0.15) is 17.2 Å². The number of carbonyl (C=O) groups is 2. The third kappa shape index (κ3) is 5.46. The average Bonchev–Trinajstić information content (AvgIpc) is 3.21. The normalized spacial score (nSPS) is 12.0. The van der Waals surface area contributed by atoms with E-state index < -0.39 is 5.97 Å². The zero-order valence-corrected chi connectivity index (χ0v) is 21.0. The van der Waals surface area contributed by atoms with Crippen molar-refractivity contribution in [3.05, 3.63) is 77.6 Å². The van der Waals surface area contributed by atoms with Gasteiger partial charge in [-0.05, 0) is 47.7 Å². The number of carbonyl (C=O) groups excluding carboxylic acids is 1. The molecular weight excluding hydrogens is 452 g/mol. The molecule has 0 bridgehead atoms. The van der Waals surface area contributed by atoms with Gasteiger partial charge in [0.25, 0.3) is 0 Å². The van der Waals surface area contributed by atoms with Crippen molar-refractivity contribution < 1.29 is 14.7 Å². The van der Waals surface area contributed by atoms with E-state index in [2.05, 4.69) is 23.7 Å². The molecule has 4 aromatic rings. The summed E-state index contributed by atoms with van der Waals surface area (Å²) >= 11 is 0. The van der Waals surface area contributed by atoms with Crippen LogP contribution in [-0.2, 0) is 17.8 Å². The van der Waals surface area contributed by atoms with Crippen molar-refractivity contribution in [2.75, 3.05) is 5.32 Å². The number of nitrogens with one attached hydrogen (secondary N) is 1.